The minimum Gasteiger partial charge on any atom is -0.393 e. The Balaban J connectivity index is 2.61. The number of hydrogen-bond acceptors (Lipinski definition) is 5. The third-order valence-corrected chi connectivity index (χ3v) is 2.44. The average molecular weight is 276 g/mol. The van der Waals surface area contributed by atoms with Crippen LogP contribution >= 0.6 is 0 Å². The van der Waals surface area contributed by atoms with Gasteiger partial charge in [0.1, 0.15) is 5.82 Å². The third-order valence-electron chi connectivity index (χ3n) is 2.44. The van der Waals surface area contributed by atoms with Gasteiger partial charge < -0.3 is 19.4 Å². The number of aromatic nitrogens is 2. The summed E-state index contributed by atoms with van der Waals surface area (Å²) in [5, 5.41) is 18.4. The first-order valence-electron chi connectivity index (χ1n) is 5.96. The molecule has 0 aliphatic heterocycles. The van der Waals surface area contributed by atoms with Crippen molar-refractivity contribution in [2.45, 2.75) is 0 Å². The van der Waals surface area contributed by atoms with Gasteiger partial charge >= 0.3 is 0 Å². The maximum absolute atomic E-state index is 4.03. The van der Waals surface area contributed by atoms with Gasteiger partial charge in [-0.1, -0.05) is 6.58 Å². The van der Waals surface area contributed by atoms with Gasteiger partial charge in [0.2, 0.25) is 5.62 Å². The number of imidazole rings is 1. The van der Waals surface area contributed by atoms with Crippen LogP contribution in [0.25, 0.3) is 0 Å². The molecule has 1 aromatic rings. The lowest BCUT2D eigenvalue weighted by molar-refractivity contribution is 0.554. The van der Waals surface area contributed by atoms with Crippen LogP contribution < -0.4 is 10.9 Å². The van der Waals surface area contributed by atoms with Crippen molar-refractivity contribution in [3.63, 3.8) is 0 Å². The van der Waals surface area contributed by atoms with Gasteiger partial charge in [-0.15, -0.1) is 20.4 Å². The fourth-order valence-electron chi connectivity index (χ4n) is 1.26. The molecule has 0 bridgehead atoms. The summed E-state index contributed by atoms with van der Waals surface area (Å²) >= 11 is 0. The average Bonchev–Trinajstić information content (AvgIpc) is 2.75. The summed E-state index contributed by atoms with van der Waals surface area (Å²) < 4.78 is 3.70. The summed E-state index contributed by atoms with van der Waals surface area (Å²) in [6.45, 7) is 3.77. The van der Waals surface area contributed by atoms with E-state index in [9.17, 15) is 0 Å². The highest BCUT2D eigenvalue weighted by Gasteiger charge is 1.93. The molecule has 0 aliphatic rings. The Morgan fingerprint density at radius 2 is 2.00 bits per heavy atom. The van der Waals surface area contributed by atoms with E-state index in [1.165, 1.54) is 6.34 Å². The molecule has 1 heterocycles. The van der Waals surface area contributed by atoms with E-state index in [0.29, 0.717) is 11.4 Å². The fourth-order valence-corrected chi connectivity index (χ4v) is 1.26. The fraction of sp³-hybridized carbons (Fsp3) is 0.333. The summed E-state index contributed by atoms with van der Waals surface area (Å²) in [5.41, 5.74) is 0.712. The van der Waals surface area contributed by atoms with Crippen molar-refractivity contribution in [2.75, 3.05) is 14.1 Å². The molecule has 0 spiro atoms. The van der Waals surface area contributed by atoms with Crippen LogP contribution in [0.2, 0.25) is 0 Å². The SMILES string of the molecule is C=C(N=NC=NN=c1n(C)ccn1C)N(C)C=CNC. The largest absolute Gasteiger partial charge is 0.393 e. The molecule has 108 valence electrons. The molecule has 0 aromatic carbocycles. The molecule has 8 heteroatoms. The van der Waals surface area contributed by atoms with Gasteiger partial charge in [0.05, 0.1) is 0 Å². The standard InChI is InChI=1S/C12H20N8/c1-11(18(3)7-6-13-2)16-14-10-15-17-12-19(4)8-9-20(12)5/h6-10,13H,1H2,2-5H3. The zero-order valence-corrected chi connectivity index (χ0v) is 12.2. The van der Waals surface area contributed by atoms with Crippen LogP contribution in [-0.2, 0) is 14.1 Å². The van der Waals surface area contributed by atoms with Gasteiger partial charge in [-0.2, -0.15) is 0 Å². The summed E-state index contributed by atoms with van der Waals surface area (Å²) in [6.07, 6.45) is 8.60. The first-order chi connectivity index (χ1) is 9.56. The van der Waals surface area contributed by atoms with E-state index in [-0.39, 0.29) is 0 Å². The zero-order chi connectivity index (χ0) is 15.0. The minimum absolute atomic E-state index is 0.493. The Morgan fingerprint density at radius 1 is 1.35 bits per heavy atom. The second-order valence-electron chi connectivity index (χ2n) is 4.00. The van der Waals surface area contributed by atoms with Crippen LogP contribution in [0.4, 0.5) is 0 Å². The smallest absolute Gasteiger partial charge is 0.229 e. The number of nitrogens with zero attached hydrogens (tertiary/aromatic N) is 7. The topological polar surface area (TPSA) is 74.6 Å². The highest BCUT2D eigenvalue weighted by atomic mass is 15.3. The number of nitrogens with one attached hydrogen (secondary N) is 1. The van der Waals surface area contributed by atoms with Crippen molar-refractivity contribution >= 4 is 6.34 Å². The van der Waals surface area contributed by atoms with Crippen molar-refractivity contribution < 1.29 is 0 Å². The first-order valence-corrected chi connectivity index (χ1v) is 5.96. The minimum atomic E-state index is 0.493. The molecule has 0 unspecified atom stereocenters. The summed E-state index contributed by atoms with van der Waals surface area (Å²) in [4.78, 5) is 1.72. The molecule has 20 heavy (non-hydrogen) atoms. The Bertz CT molecular complexity index is 564. The van der Waals surface area contributed by atoms with Crippen LogP contribution in [0.15, 0.2) is 57.6 Å². The van der Waals surface area contributed by atoms with Crippen LogP contribution in [0, 0.1) is 0 Å². The van der Waals surface area contributed by atoms with Crippen molar-refractivity contribution in [1.82, 2.24) is 19.4 Å². The van der Waals surface area contributed by atoms with E-state index in [0.717, 1.165) is 0 Å². The molecule has 0 aliphatic carbocycles. The number of rotatable bonds is 6. The lowest BCUT2D eigenvalue weighted by Gasteiger charge is -2.10. The molecule has 0 radical (unpaired) electrons. The van der Waals surface area contributed by atoms with Gasteiger partial charge in [-0.3, -0.25) is 0 Å². The number of hydrogen-bond donors (Lipinski definition) is 1. The van der Waals surface area contributed by atoms with Gasteiger partial charge in [-0.25, -0.2) is 0 Å². The predicted octanol–water partition coefficient (Wildman–Crippen LogP) is 0.753. The molecular weight excluding hydrogens is 256 g/mol. The van der Waals surface area contributed by atoms with E-state index < -0.39 is 0 Å². The second-order valence-corrected chi connectivity index (χ2v) is 4.00. The van der Waals surface area contributed by atoms with Crippen LogP contribution in [0.1, 0.15) is 0 Å². The van der Waals surface area contributed by atoms with Crippen molar-refractivity contribution in [3.8, 4) is 0 Å². The Hall–Kier alpha value is -2.64. The Morgan fingerprint density at radius 3 is 2.60 bits per heavy atom. The molecule has 0 amide bonds. The van der Waals surface area contributed by atoms with Crippen molar-refractivity contribution in [1.29, 1.82) is 0 Å². The van der Waals surface area contributed by atoms with E-state index in [1.54, 1.807) is 17.3 Å². The van der Waals surface area contributed by atoms with Crippen molar-refractivity contribution in [2.24, 2.45) is 34.5 Å². The molecule has 0 saturated heterocycles. The molecule has 0 saturated carbocycles. The normalized spacial score (nSPS) is 11.6. The van der Waals surface area contributed by atoms with Gasteiger partial charge in [0, 0.05) is 53.0 Å². The van der Waals surface area contributed by atoms with Gasteiger partial charge in [-0.05, 0) is 0 Å². The van der Waals surface area contributed by atoms with E-state index in [2.05, 4.69) is 32.3 Å². The lowest BCUT2D eigenvalue weighted by atomic mass is 10.6. The predicted molar refractivity (Wildman–Crippen MR) is 78.4 cm³/mol. The molecule has 8 nitrogen and oxygen atoms in total. The lowest BCUT2D eigenvalue weighted by Crippen LogP contribution is -2.20. The van der Waals surface area contributed by atoms with Crippen LogP contribution in [-0.4, -0.2) is 34.5 Å². The number of aryl methyl sites for hydroxylation is 2. The molecule has 1 N–H and O–H groups in total. The molecular formula is C12H20N8. The Kier molecular flexibility index (Phi) is 5.95. The van der Waals surface area contributed by atoms with E-state index in [1.807, 2.05) is 49.7 Å². The van der Waals surface area contributed by atoms with Gasteiger partial charge in [0.25, 0.3) is 0 Å². The van der Waals surface area contributed by atoms with E-state index >= 15 is 0 Å². The Labute approximate surface area is 118 Å². The zero-order valence-electron chi connectivity index (χ0n) is 12.2. The first kappa shape index (κ1) is 15.4. The third kappa shape index (κ3) is 4.56. The number of azo groups is 1. The quantitative estimate of drug-likeness (QED) is 0.360. The highest BCUT2D eigenvalue weighted by Crippen LogP contribution is 2.00. The molecule has 0 atom stereocenters. The molecule has 1 aromatic heterocycles. The monoisotopic (exact) mass is 276 g/mol. The van der Waals surface area contributed by atoms with Crippen LogP contribution in [0.3, 0.4) is 0 Å². The summed E-state index contributed by atoms with van der Waals surface area (Å²) in [6, 6.07) is 0. The summed E-state index contributed by atoms with van der Waals surface area (Å²) in [7, 11) is 7.41. The maximum Gasteiger partial charge on any atom is 0.229 e. The molecule has 1 rings (SSSR count). The highest BCUT2D eigenvalue weighted by molar-refractivity contribution is 5.54. The maximum atomic E-state index is 4.03. The summed E-state index contributed by atoms with van der Waals surface area (Å²) in [5.74, 6) is 0.493. The van der Waals surface area contributed by atoms with E-state index in [4.69, 9.17) is 0 Å². The molecule has 0 fully saturated rings. The van der Waals surface area contributed by atoms with Gasteiger partial charge in [0.15, 0.2) is 6.34 Å². The van der Waals surface area contributed by atoms with Crippen molar-refractivity contribution in [3.05, 3.63) is 42.8 Å². The second kappa shape index (κ2) is 7.72. The van der Waals surface area contributed by atoms with Crippen LogP contribution in [0.5, 0.6) is 0 Å².